The normalized spacial score (nSPS) is 22.5. The summed E-state index contributed by atoms with van der Waals surface area (Å²) in [5.74, 6) is 0.783. The topological polar surface area (TPSA) is 41.1 Å². The number of rotatable bonds is 5. The third-order valence-electron chi connectivity index (χ3n) is 3.89. The summed E-state index contributed by atoms with van der Waals surface area (Å²) in [5.41, 5.74) is 0.653. The fourth-order valence-electron chi connectivity index (χ4n) is 2.78. The fourth-order valence-corrected chi connectivity index (χ4v) is 2.90. The van der Waals surface area contributed by atoms with Crippen LogP contribution in [0.15, 0.2) is 24.3 Å². The molecule has 2 N–H and O–H groups in total. The first-order valence-electron chi connectivity index (χ1n) is 7.42. The van der Waals surface area contributed by atoms with Crippen molar-refractivity contribution < 1.29 is 4.79 Å². The van der Waals surface area contributed by atoms with E-state index in [4.69, 9.17) is 11.6 Å². The largest absolute Gasteiger partial charge is 0.351 e. The Hall–Kier alpha value is -1.06. The standard InChI is InChI=1S/C16H23ClN2O/c1-12-3-2-4-15(11-12)18-9-10-19-16(20)13-5-7-14(17)8-6-13/h5-8,12,15,18H,2-4,9-11H2,1H3,(H,19,20)/t12-,15-/m0/s1. The van der Waals surface area contributed by atoms with E-state index in [0.717, 1.165) is 12.5 Å². The molecule has 1 amide bonds. The van der Waals surface area contributed by atoms with E-state index in [2.05, 4.69) is 17.6 Å². The molecule has 2 atom stereocenters. The Kier molecular flexibility index (Phi) is 5.86. The Morgan fingerprint density at radius 1 is 1.25 bits per heavy atom. The Morgan fingerprint density at radius 2 is 2.00 bits per heavy atom. The van der Waals surface area contributed by atoms with E-state index in [1.165, 1.54) is 25.7 Å². The smallest absolute Gasteiger partial charge is 0.251 e. The molecule has 1 aromatic rings. The molecule has 1 saturated carbocycles. The van der Waals surface area contributed by atoms with Crippen LogP contribution in [-0.2, 0) is 0 Å². The maximum absolute atomic E-state index is 11.9. The van der Waals surface area contributed by atoms with Crippen molar-refractivity contribution in [1.82, 2.24) is 10.6 Å². The lowest BCUT2D eigenvalue weighted by molar-refractivity contribution is 0.0953. The number of hydrogen-bond acceptors (Lipinski definition) is 2. The molecule has 20 heavy (non-hydrogen) atoms. The number of hydrogen-bond donors (Lipinski definition) is 2. The highest BCUT2D eigenvalue weighted by atomic mass is 35.5. The van der Waals surface area contributed by atoms with E-state index >= 15 is 0 Å². The van der Waals surface area contributed by atoms with Crippen LogP contribution < -0.4 is 10.6 Å². The van der Waals surface area contributed by atoms with Crippen LogP contribution in [0.1, 0.15) is 43.0 Å². The van der Waals surface area contributed by atoms with Crippen LogP contribution in [0.2, 0.25) is 5.02 Å². The van der Waals surface area contributed by atoms with Crippen LogP contribution >= 0.6 is 11.6 Å². The molecule has 1 fully saturated rings. The summed E-state index contributed by atoms with van der Waals surface area (Å²) in [6.45, 7) is 3.80. The second kappa shape index (κ2) is 7.65. The quantitative estimate of drug-likeness (QED) is 0.819. The van der Waals surface area contributed by atoms with Crippen molar-refractivity contribution in [3.63, 3.8) is 0 Å². The molecule has 0 aliphatic heterocycles. The first-order chi connectivity index (χ1) is 9.65. The van der Waals surface area contributed by atoms with Crippen LogP contribution in [0, 0.1) is 5.92 Å². The van der Waals surface area contributed by atoms with E-state index in [0.29, 0.717) is 23.2 Å². The zero-order valence-electron chi connectivity index (χ0n) is 12.0. The van der Waals surface area contributed by atoms with Gasteiger partial charge >= 0.3 is 0 Å². The Balaban J connectivity index is 1.65. The summed E-state index contributed by atoms with van der Waals surface area (Å²) in [7, 11) is 0. The van der Waals surface area contributed by atoms with Gasteiger partial charge in [0.2, 0.25) is 0 Å². The highest BCUT2D eigenvalue weighted by Gasteiger charge is 2.17. The van der Waals surface area contributed by atoms with Crippen LogP contribution in [0.3, 0.4) is 0 Å². The molecule has 110 valence electrons. The van der Waals surface area contributed by atoms with Gasteiger partial charge in [-0.25, -0.2) is 0 Å². The third-order valence-corrected chi connectivity index (χ3v) is 4.14. The van der Waals surface area contributed by atoms with Crippen molar-refractivity contribution in [2.24, 2.45) is 5.92 Å². The monoisotopic (exact) mass is 294 g/mol. The number of halogens is 1. The summed E-state index contributed by atoms with van der Waals surface area (Å²) in [6, 6.07) is 7.57. The highest BCUT2D eigenvalue weighted by molar-refractivity contribution is 6.30. The van der Waals surface area contributed by atoms with Crippen LogP contribution in [-0.4, -0.2) is 25.0 Å². The molecule has 0 heterocycles. The first kappa shape index (κ1) is 15.3. The van der Waals surface area contributed by atoms with E-state index < -0.39 is 0 Å². The van der Waals surface area contributed by atoms with Gasteiger partial charge in [0.1, 0.15) is 0 Å². The van der Waals surface area contributed by atoms with E-state index in [-0.39, 0.29) is 5.91 Å². The molecule has 4 heteroatoms. The molecule has 0 aromatic heterocycles. The lowest BCUT2D eigenvalue weighted by Crippen LogP contribution is -2.39. The SMILES string of the molecule is C[C@H]1CCC[C@H](NCCNC(=O)c2ccc(Cl)cc2)C1. The van der Waals surface area contributed by atoms with Crippen LogP contribution in [0.4, 0.5) is 0 Å². The Morgan fingerprint density at radius 3 is 2.70 bits per heavy atom. The molecule has 0 saturated heterocycles. The van der Waals surface area contributed by atoms with Crippen molar-refractivity contribution in [2.75, 3.05) is 13.1 Å². The van der Waals surface area contributed by atoms with Crippen molar-refractivity contribution in [3.8, 4) is 0 Å². The number of amides is 1. The van der Waals surface area contributed by atoms with Gasteiger partial charge in [0.25, 0.3) is 5.91 Å². The van der Waals surface area contributed by atoms with Crippen molar-refractivity contribution in [3.05, 3.63) is 34.9 Å². The molecule has 0 bridgehead atoms. The van der Waals surface area contributed by atoms with Gasteiger partial charge in [0, 0.05) is 29.7 Å². The van der Waals surface area contributed by atoms with Crippen molar-refractivity contribution in [2.45, 2.75) is 38.6 Å². The molecule has 1 aliphatic rings. The fraction of sp³-hybridized carbons (Fsp3) is 0.562. The van der Waals surface area contributed by atoms with Gasteiger partial charge in [-0.2, -0.15) is 0 Å². The van der Waals surface area contributed by atoms with Gasteiger partial charge in [-0.15, -0.1) is 0 Å². The van der Waals surface area contributed by atoms with Gasteiger partial charge in [0.15, 0.2) is 0 Å². The molecule has 0 spiro atoms. The number of carbonyl (C=O) groups excluding carboxylic acids is 1. The number of carbonyl (C=O) groups is 1. The summed E-state index contributed by atoms with van der Waals surface area (Å²) in [4.78, 5) is 11.9. The van der Waals surface area contributed by atoms with Gasteiger partial charge in [-0.05, 0) is 43.0 Å². The molecule has 1 aliphatic carbocycles. The highest BCUT2D eigenvalue weighted by Crippen LogP contribution is 2.23. The van der Waals surface area contributed by atoms with Gasteiger partial charge in [0.05, 0.1) is 0 Å². The summed E-state index contributed by atoms with van der Waals surface area (Å²) < 4.78 is 0. The Bertz CT molecular complexity index is 433. The van der Waals surface area contributed by atoms with E-state index in [1.54, 1.807) is 24.3 Å². The maximum atomic E-state index is 11.9. The maximum Gasteiger partial charge on any atom is 0.251 e. The van der Waals surface area contributed by atoms with E-state index in [1.807, 2.05) is 0 Å². The lowest BCUT2D eigenvalue weighted by atomic mass is 9.87. The van der Waals surface area contributed by atoms with Crippen molar-refractivity contribution >= 4 is 17.5 Å². The zero-order chi connectivity index (χ0) is 14.4. The second-order valence-electron chi connectivity index (χ2n) is 5.69. The van der Waals surface area contributed by atoms with Crippen LogP contribution in [0.25, 0.3) is 0 Å². The third kappa shape index (κ3) is 4.80. The molecular weight excluding hydrogens is 272 g/mol. The molecular formula is C16H23ClN2O. The molecule has 2 rings (SSSR count). The number of benzene rings is 1. The predicted molar refractivity (Wildman–Crippen MR) is 83.2 cm³/mol. The lowest BCUT2D eigenvalue weighted by Gasteiger charge is -2.27. The van der Waals surface area contributed by atoms with Crippen LogP contribution in [0.5, 0.6) is 0 Å². The van der Waals surface area contributed by atoms with Crippen molar-refractivity contribution in [1.29, 1.82) is 0 Å². The zero-order valence-corrected chi connectivity index (χ0v) is 12.7. The molecule has 0 unspecified atom stereocenters. The number of nitrogens with one attached hydrogen (secondary N) is 2. The second-order valence-corrected chi connectivity index (χ2v) is 6.12. The summed E-state index contributed by atoms with van der Waals surface area (Å²) in [5, 5.41) is 7.10. The van der Waals surface area contributed by atoms with Gasteiger partial charge in [-0.1, -0.05) is 31.4 Å². The minimum atomic E-state index is -0.0412. The summed E-state index contributed by atoms with van der Waals surface area (Å²) >= 11 is 5.80. The van der Waals surface area contributed by atoms with E-state index in [9.17, 15) is 4.79 Å². The average molecular weight is 295 g/mol. The first-order valence-corrected chi connectivity index (χ1v) is 7.80. The molecule has 0 radical (unpaired) electrons. The average Bonchev–Trinajstić information content (AvgIpc) is 2.44. The van der Waals surface area contributed by atoms with Gasteiger partial charge < -0.3 is 10.6 Å². The molecule has 3 nitrogen and oxygen atoms in total. The molecule has 1 aromatic carbocycles. The Labute approximate surface area is 126 Å². The van der Waals surface area contributed by atoms with Gasteiger partial charge in [-0.3, -0.25) is 4.79 Å². The summed E-state index contributed by atoms with van der Waals surface area (Å²) in [6.07, 6.45) is 5.18. The minimum Gasteiger partial charge on any atom is -0.351 e. The predicted octanol–water partition coefficient (Wildman–Crippen LogP) is 3.24. The minimum absolute atomic E-state index is 0.0412.